The quantitative estimate of drug-likeness (QED) is 0.864. The minimum absolute atomic E-state index is 0.0515. The summed E-state index contributed by atoms with van der Waals surface area (Å²) in [6.07, 6.45) is 1.84. The van der Waals surface area contributed by atoms with Gasteiger partial charge in [0.05, 0.1) is 6.54 Å². The molecule has 0 saturated carbocycles. The largest absolute Gasteiger partial charge is 0.449 e. The van der Waals surface area contributed by atoms with Gasteiger partial charge in [-0.25, -0.2) is 0 Å². The molecule has 1 saturated heterocycles. The maximum atomic E-state index is 11.7. The number of likely N-dealkylation sites (tertiary alicyclic amines) is 1. The minimum Gasteiger partial charge on any atom is -0.449 e. The molecule has 1 aromatic heterocycles. The molecule has 2 heterocycles. The van der Waals surface area contributed by atoms with Crippen molar-refractivity contribution in [2.75, 3.05) is 26.8 Å². The molecular formula is C14H19N3O3. The predicted octanol–water partition coefficient (Wildman–Crippen LogP) is 0.878. The number of nitrogens with zero attached hydrogens (tertiary/aromatic N) is 2. The van der Waals surface area contributed by atoms with Gasteiger partial charge in [-0.05, 0) is 25.0 Å². The van der Waals surface area contributed by atoms with E-state index in [-0.39, 0.29) is 12.5 Å². The van der Waals surface area contributed by atoms with Crippen molar-refractivity contribution in [2.24, 2.45) is 0 Å². The second kappa shape index (κ2) is 7.08. The van der Waals surface area contributed by atoms with Crippen LogP contribution in [-0.4, -0.2) is 43.7 Å². The number of amides is 1. The maximum Gasteiger partial charge on any atom is 0.248 e. The molecule has 1 N–H and O–H groups in total. The Morgan fingerprint density at radius 1 is 1.55 bits per heavy atom. The lowest BCUT2D eigenvalue weighted by Gasteiger charge is -2.32. The van der Waals surface area contributed by atoms with E-state index in [9.17, 15) is 4.79 Å². The molecule has 0 aromatic carbocycles. The molecule has 108 valence electrons. The molecule has 0 unspecified atom stereocenters. The third-order valence-corrected chi connectivity index (χ3v) is 3.45. The fraction of sp³-hybridized carbons (Fsp3) is 0.571. The Balaban J connectivity index is 1.72. The molecule has 0 aliphatic carbocycles. The highest BCUT2D eigenvalue weighted by Gasteiger charge is 2.22. The van der Waals surface area contributed by atoms with Gasteiger partial charge in [-0.2, -0.15) is 5.26 Å². The average Bonchev–Trinajstić information content (AvgIpc) is 2.94. The van der Waals surface area contributed by atoms with Gasteiger partial charge >= 0.3 is 0 Å². The SMILES string of the molecule is COCC(=O)N1CCC(NCc2ccc(C#N)o2)CC1. The summed E-state index contributed by atoms with van der Waals surface area (Å²) < 4.78 is 10.2. The summed E-state index contributed by atoms with van der Waals surface area (Å²) in [5, 5.41) is 12.1. The molecule has 0 radical (unpaired) electrons. The van der Waals surface area contributed by atoms with E-state index < -0.39 is 0 Å². The van der Waals surface area contributed by atoms with Crippen LogP contribution in [0.2, 0.25) is 0 Å². The lowest BCUT2D eigenvalue weighted by Crippen LogP contribution is -2.45. The number of rotatable bonds is 5. The summed E-state index contributed by atoms with van der Waals surface area (Å²) in [4.78, 5) is 13.5. The Hall–Kier alpha value is -1.84. The highest BCUT2D eigenvalue weighted by Crippen LogP contribution is 2.12. The number of carbonyl (C=O) groups excluding carboxylic acids is 1. The zero-order valence-electron chi connectivity index (χ0n) is 11.6. The number of nitrogens with one attached hydrogen (secondary N) is 1. The van der Waals surface area contributed by atoms with Gasteiger partial charge in [0, 0.05) is 26.2 Å². The molecule has 1 aliphatic rings. The van der Waals surface area contributed by atoms with Gasteiger partial charge in [0.2, 0.25) is 11.7 Å². The van der Waals surface area contributed by atoms with Crippen molar-refractivity contribution < 1.29 is 13.9 Å². The van der Waals surface area contributed by atoms with E-state index >= 15 is 0 Å². The van der Waals surface area contributed by atoms with Crippen molar-refractivity contribution in [1.29, 1.82) is 5.26 Å². The molecule has 6 nitrogen and oxygen atoms in total. The number of nitriles is 1. The highest BCUT2D eigenvalue weighted by atomic mass is 16.5. The normalized spacial score (nSPS) is 16.1. The molecule has 0 spiro atoms. The third-order valence-electron chi connectivity index (χ3n) is 3.45. The number of furan rings is 1. The molecule has 6 heteroatoms. The summed E-state index contributed by atoms with van der Waals surface area (Å²) >= 11 is 0. The topological polar surface area (TPSA) is 78.5 Å². The monoisotopic (exact) mass is 277 g/mol. The second-order valence-corrected chi connectivity index (χ2v) is 4.85. The Morgan fingerprint density at radius 2 is 2.30 bits per heavy atom. The van der Waals surface area contributed by atoms with Crippen LogP contribution in [0.5, 0.6) is 0 Å². The van der Waals surface area contributed by atoms with E-state index in [1.165, 1.54) is 7.11 Å². The van der Waals surface area contributed by atoms with Crippen LogP contribution >= 0.6 is 0 Å². The first kappa shape index (κ1) is 14.6. The number of carbonyl (C=O) groups is 1. The first-order valence-corrected chi connectivity index (χ1v) is 6.72. The van der Waals surface area contributed by atoms with E-state index in [0.717, 1.165) is 31.7 Å². The number of ether oxygens (including phenoxy) is 1. The Kier molecular flexibility index (Phi) is 5.16. The maximum absolute atomic E-state index is 11.7. The zero-order valence-corrected chi connectivity index (χ0v) is 11.6. The highest BCUT2D eigenvalue weighted by molar-refractivity contribution is 5.77. The van der Waals surface area contributed by atoms with Gasteiger partial charge in [0.1, 0.15) is 18.4 Å². The van der Waals surface area contributed by atoms with Crippen molar-refractivity contribution in [3.8, 4) is 6.07 Å². The molecule has 20 heavy (non-hydrogen) atoms. The standard InChI is InChI=1S/C14H19N3O3/c1-19-10-14(18)17-6-4-11(5-7-17)16-9-13-3-2-12(8-15)20-13/h2-3,11,16H,4-7,9-10H2,1H3. The summed E-state index contributed by atoms with van der Waals surface area (Å²) in [5.74, 6) is 1.15. The summed E-state index contributed by atoms with van der Waals surface area (Å²) in [7, 11) is 1.53. The molecule has 0 atom stereocenters. The fourth-order valence-electron chi connectivity index (χ4n) is 2.33. The third kappa shape index (κ3) is 3.83. The smallest absolute Gasteiger partial charge is 0.248 e. The molecule has 1 fully saturated rings. The summed E-state index contributed by atoms with van der Waals surface area (Å²) in [6, 6.07) is 5.82. The van der Waals surface area contributed by atoms with Crippen LogP contribution in [-0.2, 0) is 16.1 Å². The fourth-order valence-corrected chi connectivity index (χ4v) is 2.33. The van der Waals surface area contributed by atoms with Crippen LogP contribution in [0.25, 0.3) is 0 Å². The average molecular weight is 277 g/mol. The number of hydrogen-bond acceptors (Lipinski definition) is 5. The molecule has 1 aliphatic heterocycles. The van der Waals surface area contributed by atoms with Crippen LogP contribution in [0.4, 0.5) is 0 Å². The van der Waals surface area contributed by atoms with E-state index in [0.29, 0.717) is 18.3 Å². The zero-order chi connectivity index (χ0) is 14.4. The molecule has 1 aromatic rings. The van der Waals surface area contributed by atoms with Crippen LogP contribution in [0.3, 0.4) is 0 Å². The van der Waals surface area contributed by atoms with Gasteiger partial charge in [0.25, 0.3) is 0 Å². The van der Waals surface area contributed by atoms with Crippen LogP contribution in [0.1, 0.15) is 24.4 Å². The van der Waals surface area contributed by atoms with E-state index in [1.54, 1.807) is 6.07 Å². The van der Waals surface area contributed by atoms with Gasteiger partial charge in [0.15, 0.2) is 0 Å². The second-order valence-electron chi connectivity index (χ2n) is 4.85. The summed E-state index contributed by atoms with van der Waals surface area (Å²) in [6.45, 7) is 2.27. The lowest BCUT2D eigenvalue weighted by molar-refractivity contribution is -0.136. The van der Waals surface area contributed by atoms with Gasteiger partial charge in [-0.1, -0.05) is 0 Å². The summed E-state index contributed by atoms with van der Waals surface area (Å²) in [5.41, 5.74) is 0. The first-order chi connectivity index (χ1) is 9.72. The van der Waals surface area contributed by atoms with E-state index in [1.807, 2.05) is 17.0 Å². The predicted molar refractivity (Wildman–Crippen MR) is 71.7 cm³/mol. The molecular weight excluding hydrogens is 258 g/mol. The lowest BCUT2D eigenvalue weighted by atomic mass is 10.0. The van der Waals surface area contributed by atoms with E-state index in [2.05, 4.69) is 5.32 Å². The molecule has 2 rings (SSSR count). The first-order valence-electron chi connectivity index (χ1n) is 6.72. The van der Waals surface area contributed by atoms with Gasteiger partial charge in [-0.15, -0.1) is 0 Å². The van der Waals surface area contributed by atoms with Gasteiger partial charge < -0.3 is 19.4 Å². The molecule has 0 bridgehead atoms. The van der Waals surface area contributed by atoms with Gasteiger partial charge in [-0.3, -0.25) is 4.79 Å². The Morgan fingerprint density at radius 3 is 2.90 bits per heavy atom. The van der Waals surface area contributed by atoms with Crippen molar-refractivity contribution in [3.05, 3.63) is 23.7 Å². The van der Waals surface area contributed by atoms with Crippen molar-refractivity contribution in [2.45, 2.75) is 25.4 Å². The number of piperidine rings is 1. The van der Waals surface area contributed by atoms with Crippen molar-refractivity contribution >= 4 is 5.91 Å². The van der Waals surface area contributed by atoms with Crippen LogP contribution in [0, 0.1) is 11.3 Å². The minimum atomic E-state index is 0.0515. The van der Waals surface area contributed by atoms with Crippen LogP contribution in [0.15, 0.2) is 16.5 Å². The number of hydrogen-bond donors (Lipinski definition) is 1. The Bertz CT molecular complexity index is 484. The Labute approximate surface area is 118 Å². The number of methoxy groups -OCH3 is 1. The molecule has 1 amide bonds. The van der Waals surface area contributed by atoms with E-state index in [4.69, 9.17) is 14.4 Å². The van der Waals surface area contributed by atoms with Crippen LogP contribution < -0.4 is 5.32 Å². The van der Waals surface area contributed by atoms with Crippen molar-refractivity contribution in [1.82, 2.24) is 10.2 Å². The van der Waals surface area contributed by atoms with Crippen molar-refractivity contribution in [3.63, 3.8) is 0 Å².